The highest BCUT2D eigenvalue weighted by Crippen LogP contribution is 2.23. The van der Waals surface area contributed by atoms with Crippen molar-refractivity contribution >= 4 is 21.6 Å². The third kappa shape index (κ3) is 6.70. The maximum atomic E-state index is 13.0. The minimum Gasteiger partial charge on any atom is -0.491 e. The summed E-state index contributed by atoms with van der Waals surface area (Å²) < 4.78 is 33.2. The topological polar surface area (TPSA) is 99.2 Å². The molecule has 1 heterocycles. The number of benzene rings is 3. The Kier molecular flexibility index (Phi) is 8.37. The fourth-order valence-corrected chi connectivity index (χ4v) is 5.55. The minimum atomic E-state index is -3.62. The van der Waals surface area contributed by atoms with Crippen molar-refractivity contribution in [2.75, 3.05) is 44.6 Å². The van der Waals surface area contributed by atoms with E-state index in [1.54, 1.807) is 12.1 Å². The molecule has 9 heteroatoms. The number of carbonyl (C=O) groups excluding carboxylic acids is 1. The fraction of sp³-hybridized carbons (Fsp3) is 0.296. The first-order chi connectivity index (χ1) is 17.3. The van der Waals surface area contributed by atoms with E-state index in [0.717, 1.165) is 11.1 Å². The van der Waals surface area contributed by atoms with Crippen LogP contribution in [-0.4, -0.2) is 74.1 Å². The second-order valence-corrected chi connectivity index (χ2v) is 10.7. The molecule has 36 heavy (non-hydrogen) atoms. The summed E-state index contributed by atoms with van der Waals surface area (Å²) in [6.07, 6.45) is -0.691. The van der Waals surface area contributed by atoms with E-state index in [9.17, 15) is 18.3 Å². The number of aliphatic hydroxyl groups is 1. The zero-order valence-electron chi connectivity index (χ0n) is 20.2. The number of nitrogens with one attached hydrogen (secondary N) is 1. The molecule has 1 unspecified atom stereocenters. The highest BCUT2D eigenvalue weighted by Gasteiger charge is 2.29. The second-order valence-electron chi connectivity index (χ2n) is 8.77. The number of rotatable bonds is 9. The third-order valence-electron chi connectivity index (χ3n) is 6.02. The van der Waals surface area contributed by atoms with Gasteiger partial charge in [-0.2, -0.15) is 4.31 Å². The smallest absolute Gasteiger partial charge is 0.243 e. The molecule has 1 fully saturated rings. The largest absolute Gasteiger partial charge is 0.491 e. The normalized spacial score (nSPS) is 15.8. The van der Waals surface area contributed by atoms with Gasteiger partial charge in [-0.15, -0.1) is 0 Å². The number of ether oxygens (including phenoxy) is 1. The lowest BCUT2D eigenvalue weighted by Crippen LogP contribution is -2.50. The van der Waals surface area contributed by atoms with E-state index in [-0.39, 0.29) is 17.4 Å². The van der Waals surface area contributed by atoms with Gasteiger partial charge in [-0.1, -0.05) is 42.5 Å². The van der Waals surface area contributed by atoms with Crippen molar-refractivity contribution in [3.05, 3.63) is 78.9 Å². The fourth-order valence-electron chi connectivity index (χ4n) is 4.13. The summed E-state index contributed by atoms with van der Waals surface area (Å²) in [5.41, 5.74) is 2.78. The average Bonchev–Trinajstić information content (AvgIpc) is 2.89. The molecule has 1 saturated heterocycles. The number of amides is 1. The molecule has 0 bridgehead atoms. The molecule has 1 aliphatic rings. The van der Waals surface area contributed by atoms with E-state index in [1.807, 2.05) is 47.4 Å². The van der Waals surface area contributed by atoms with Crippen molar-refractivity contribution in [3.63, 3.8) is 0 Å². The van der Waals surface area contributed by atoms with Gasteiger partial charge in [0.15, 0.2) is 0 Å². The lowest BCUT2D eigenvalue weighted by Gasteiger charge is -2.34. The molecule has 0 spiro atoms. The molecule has 1 amide bonds. The molecule has 0 saturated carbocycles. The number of anilines is 1. The lowest BCUT2D eigenvalue weighted by atomic mass is 10.1. The Hall–Kier alpha value is -3.24. The Morgan fingerprint density at radius 1 is 0.917 bits per heavy atom. The number of β-amino-alcohol motifs (C(OH)–C–C–N with tert-alkyl or cyclic N) is 1. The molecule has 3 aromatic carbocycles. The molecule has 0 aliphatic carbocycles. The van der Waals surface area contributed by atoms with Crippen LogP contribution in [-0.2, 0) is 14.8 Å². The van der Waals surface area contributed by atoms with E-state index in [4.69, 9.17) is 4.74 Å². The Bertz CT molecular complexity index is 1240. The Morgan fingerprint density at radius 2 is 1.53 bits per heavy atom. The molecule has 1 atom stereocenters. The van der Waals surface area contributed by atoms with Crippen molar-refractivity contribution in [1.82, 2.24) is 9.21 Å². The van der Waals surface area contributed by atoms with Crippen molar-refractivity contribution in [2.24, 2.45) is 0 Å². The number of aliphatic hydroxyl groups excluding tert-OH is 1. The van der Waals surface area contributed by atoms with Gasteiger partial charge in [0.25, 0.3) is 0 Å². The van der Waals surface area contributed by atoms with Crippen LogP contribution in [0, 0.1) is 0 Å². The van der Waals surface area contributed by atoms with Gasteiger partial charge in [-0.05, 0) is 47.5 Å². The Labute approximate surface area is 212 Å². The average molecular weight is 510 g/mol. The number of piperazine rings is 1. The van der Waals surface area contributed by atoms with Gasteiger partial charge >= 0.3 is 0 Å². The highest BCUT2D eigenvalue weighted by atomic mass is 32.2. The molecular weight excluding hydrogens is 478 g/mol. The summed E-state index contributed by atoms with van der Waals surface area (Å²) in [4.78, 5) is 13.4. The maximum Gasteiger partial charge on any atom is 0.243 e. The zero-order valence-corrected chi connectivity index (χ0v) is 21.0. The van der Waals surface area contributed by atoms with E-state index >= 15 is 0 Å². The van der Waals surface area contributed by atoms with E-state index in [2.05, 4.69) is 17.4 Å². The molecule has 0 aromatic heterocycles. The van der Waals surface area contributed by atoms with Crippen LogP contribution < -0.4 is 10.1 Å². The number of sulfonamides is 1. The van der Waals surface area contributed by atoms with Crippen molar-refractivity contribution < 1.29 is 23.1 Å². The van der Waals surface area contributed by atoms with E-state index in [1.165, 1.54) is 23.4 Å². The molecule has 3 aromatic rings. The van der Waals surface area contributed by atoms with Gasteiger partial charge in [-0.3, -0.25) is 9.69 Å². The predicted molar refractivity (Wildman–Crippen MR) is 139 cm³/mol. The standard InChI is InChI=1S/C27H31N3O5S/c1-21(31)28-24-9-13-27(14-10-24)36(33,34)30-17-15-29(16-18-30)19-25(32)20-35-26-11-7-23(8-12-26)22-5-3-2-4-6-22/h2-14,25,32H,15-20H2,1H3,(H,28,31). The summed E-state index contributed by atoms with van der Waals surface area (Å²) in [5.74, 6) is 0.476. The predicted octanol–water partition coefficient (Wildman–Crippen LogP) is 3.06. The van der Waals surface area contributed by atoms with Gasteiger partial charge in [0, 0.05) is 45.3 Å². The van der Waals surface area contributed by atoms with Crippen LogP contribution in [0.2, 0.25) is 0 Å². The SMILES string of the molecule is CC(=O)Nc1ccc(S(=O)(=O)N2CCN(CC(O)COc3ccc(-c4ccccc4)cc3)CC2)cc1. The van der Waals surface area contributed by atoms with Gasteiger partial charge in [-0.25, -0.2) is 8.42 Å². The number of hydrogen-bond donors (Lipinski definition) is 2. The third-order valence-corrected chi connectivity index (χ3v) is 7.93. The van der Waals surface area contributed by atoms with Crippen LogP contribution in [0.4, 0.5) is 5.69 Å². The number of hydrogen-bond acceptors (Lipinski definition) is 6. The number of nitrogens with zero attached hydrogens (tertiary/aromatic N) is 2. The summed E-state index contributed by atoms with van der Waals surface area (Å²) in [6, 6.07) is 24.0. The van der Waals surface area contributed by atoms with Gasteiger partial charge in [0.1, 0.15) is 18.5 Å². The van der Waals surface area contributed by atoms with E-state index in [0.29, 0.717) is 44.2 Å². The zero-order chi connectivity index (χ0) is 25.5. The van der Waals surface area contributed by atoms with Crippen LogP contribution in [0.1, 0.15) is 6.92 Å². The molecule has 0 radical (unpaired) electrons. The van der Waals surface area contributed by atoms with Crippen LogP contribution in [0.3, 0.4) is 0 Å². The first-order valence-electron chi connectivity index (χ1n) is 11.9. The highest BCUT2D eigenvalue weighted by molar-refractivity contribution is 7.89. The molecule has 190 valence electrons. The molecule has 2 N–H and O–H groups in total. The monoisotopic (exact) mass is 509 g/mol. The molecule has 1 aliphatic heterocycles. The van der Waals surface area contributed by atoms with Crippen LogP contribution in [0.15, 0.2) is 83.8 Å². The number of carbonyl (C=O) groups is 1. The van der Waals surface area contributed by atoms with Gasteiger partial charge in [0.05, 0.1) is 4.90 Å². The van der Waals surface area contributed by atoms with Crippen LogP contribution >= 0.6 is 0 Å². The van der Waals surface area contributed by atoms with Crippen LogP contribution in [0.5, 0.6) is 5.75 Å². The summed E-state index contributed by atoms with van der Waals surface area (Å²) in [6.45, 7) is 3.68. The molecule has 4 rings (SSSR count). The van der Waals surface area contributed by atoms with E-state index < -0.39 is 16.1 Å². The van der Waals surface area contributed by atoms with Gasteiger partial charge in [0.2, 0.25) is 15.9 Å². The molecule has 8 nitrogen and oxygen atoms in total. The first kappa shape index (κ1) is 25.8. The first-order valence-corrected chi connectivity index (χ1v) is 13.3. The van der Waals surface area contributed by atoms with Crippen molar-refractivity contribution in [3.8, 4) is 16.9 Å². The summed E-state index contributed by atoms with van der Waals surface area (Å²) in [5, 5.41) is 13.1. The summed E-state index contributed by atoms with van der Waals surface area (Å²) in [7, 11) is -3.62. The second kappa shape index (κ2) is 11.7. The quantitative estimate of drug-likeness (QED) is 0.460. The Balaban J connectivity index is 1.23. The lowest BCUT2D eigenvalue weighted by molar-refractivity contribution is -0.114. The van der Waals surface area contributed by atoms with Crippen molar-refractivity contribution in [2.45, 2.75) is 17.9 Å². The Morgan fingerprint density at radius 3 is 2.14 bits per heavy atom. The van der Waals surface area contributed by atoms with Crippen molar-refractivity contribution in [1.29, 1.82) is 0 Å². The van der Waals surface area contributed by atoms with Crippen LogP contribution in [0.25, 0.3) is 11.1 Å². The maximum absolute atomic E-state index is 13.0. The summed E-state index contributed by atoms with van der Waals surface area (Å²) >= 11 is 0. The molecular formula is C27H31N3O5S. The minimum absolute atomic E-state index is 0.157. The van der Waals surface area contributed by atoms with Gasteiger partial charge < -0.3 is 15.2 Å².